The van der Waals surface area contributed by atoms with Gasteiger partial charge >= 0.3 is 17.9 Å². The van der Waals surface area contributed by atoms with Crippen LogP contribution in [-0.4, -0.2) is 32.6 Å². The Morgan fingerprint density at radius 2 is 1.90 bits per heavy atom. The van der Waals surface area contributed by atoms with Gasteiger partial charge in [-0.05, 0) is 50.6 Å². The molecule has 4 rings (SSSR count). The average Bonchev–Trinajstić information content (AvgIpc) is 3.29. The predicted octanol–water partition coefficient (Wildman–Crippen LogP) is 3.85. The Hall–Kier alpha value is -3.68. The van der Waals surface area contributed by atoms with Crippen LogP contribution in [-0.2, 0) is 15.9 Å². The first-order valence-electron chi connectivity index (χ1n) is 9.39. The molecule has 0 aliphatic carbocycles. The van der Waals surface area contributed by atoms with Crippen molar-refractivity contribution < 1.29 is 28.6 Å². The number of esters is 2. The molecule has 1 N–H and O–H groups in total. The van der Waals surface area contributed by atoms with Gasteiger partial charge in [-0.3, -0.25) is 0 Å². The highest BCUT2D eigenvalue weighted by Crippen LogP contribution is 2.38. The molecular formula is C22H20N2O6. The zero-order chi connectivity index (χ0) is 21.5. The summed E-state index contributed by atoms with van der Waals surface area (Å²) in [5.41, 5.74) is 1.34. The third-order valence-electron chi connectivity index (χ3n) is 4.45. The van der Waals surface area contributed by atoms with Gasteiger partial charge in [-0.15, -0.1) is 0 Å². The van der Waals surface area contributed by atoms with Crippen molar-refractivity contribution in [3.05, 3.63) is 65.0 Å². The lowest BCUT2D eigenvalue weighted by atomic mass is 10.0. The molecule has 30 heavy (non-hydrogen) atoms. The van der Waals surface area contributed by atoms with Crippen LogP contribution < -0.4 is 0 Å². The first kappa shape index (κ1) is 19.6. The second kappa shape index (κ2) is 7.29. The van der Waals surface area contributed by atoms with E-state index in [1.54, 1.807) is 57.2 Å². The van der Waals surface area contributed by atoms with E-state index >= 15 is 0 Å². The molecule has 1 aromatic carbocycles. The number of hydrogen-bond acceptors (Lipinski definition) is 8. The second-order valence-electron chi connectivity index (χ2n) is 7.91. The summed E-state index contributed by atoms with van der Waals surface area (Å²) in [5, 5.41) is 9.95. The Balaban J connectivity index is 1.58. The monoisotopic (exact) mass is 408 g/mol. The van der Waals surface area contributed by atoms with Crippen LogP contribution in [0.1, 0.15) is 58.8 Å². The van der Waals surface area contributed by atoms with Gasteiger partial charge in [-0.25, -0.2) is 9.59 Å². The molecule has 0 radical (unpaired) electrons. The first-order chi connectivity index (χ1) is 14.2. The number of aromatic nitrogens is 2. The van der Waals surface area contributed by atoms with Crippen LogP contribution >= 0.6 is 0 Å². The largest absolute Gasteiger partial charge is 0.479 e. The molecule has 1 atom stereocenters. The Morgan fingerprint density at radius 3 is 2.53 bits per heavy atom. The maximum atomic E-state index is 12.5. The number of aromatic hydroxyl groups is 1. The summed E-state index contributed by atoms with van der Waals surface area (Å²) in [6.07, 6.45) is 1.08. The highest BCUT2D eigenvalue weighted by Gasteiger charge is 2.37. The quantitative estimate of drug-likeness (QED) is 0.648. The lowest BCUT2D eigenvalue weighted by Crippen LogP contribution is -2.23. The normalized spacial score (nSPS) is 15.6. The van der Waals surface area contributed by atoms with E-state index in [1.165, 1.54) is 6.26 Å². The molecule has 3 heterocycles. The number of nitrogens with zero attached hydrogens (tertiary/aromatic N) is 2. The van der Waals surface area contributed by atoms with Crippen molar-refractivity contribution in [3.63, 3.8) is 0 Å². The highest BCUT2D eigenvalue weighted by atomic mass is 16.6. The number of carbonyl (C=O) groups excluding carboxylic acids is 2. The zero-order valence-corrected chi connectivity index (χ0v) is 16.7. The molecule has 0 fully saturated rings. The van der Waals surface area contributed by atoms with Crippen molar-refractivity contribution in [1.29, 1.82) is 0 Å². The van der Waals surface area contributed by atoms with E-state index < -0.39 is 29.7 Å². The maximum Gasteiger partial charge on any atom is 0.343 e. The molecule has 1 aliphatic rings. The summed E-state index contributed by atoms with van der Waals surface area (Å²) in [6, 6.07) is 9.67. The van der Waals surface area contributed by atoms with Crippen molar-refractivity contribution in [1.82, 2.24) is 9.97 Å². The fourth-order valence-electron chi connectivity index (χ4n) is 3.20. The van der Waals surface area contributed by atoms with E-state index in [0.717, 1.165) is 5.56 Å². The summed E-state index contributed by atoms with van der Waals surface area (Å²) in [5.74, 6) is -0.650. The van der Waals surface area contributed by atoms with Crippen LogP contribution in [0.2, 0.25) is 0 Å². The molecule has 0 amide bonds. The lowest BCUT2D eigenvalue weighted by Gasteiger charge is -2.19. The minimum absolute atomic E-state index is 0.179. The Bertz CT molecular complexity index is 1100. The van der Waals surface area contributed by atoms with E-state index in [4.69, 9.17) is 13.9 Å². The highest BCUT2D eigenvalue weighted by molar-refractivity contribution is 5.99. The van der Waals surface area contributed by atoms with Gasteiger partial charge in [0, 0.05) is 6.42 Å². The standard InChI is InChI=1S/C22H20N2O6/c1-22(2,3)30-19(25)13-8-6-12(7-9-13)11-15-18-16(20(26)29-15)17(23-21(27)24-18)14-5-4-10-28-14/h4-10,15H,11H2,1-3H3,(H,23,24,27). The molecule has 8 nitrogen and oxygen atoms in total. The molecular weight excluding hydrogens is 388 g/mol. The van der Waals surface area contributed by atoms with Gasteiger partial charge in [-0.1, -0.05) is 12.1 Å². The SMILES string of the molecule is CC(C)(C)OC(=O)c1ccc(CC2OC(=O)c3c(-c4ccco4)nc(O)nc32)cc1. The number of ether oxygens (including phenoxy) is 2. The molecule has 8 heteroatoms. The summed E-state index contributed by atoms with van der Waals surface area (Å²) in [4.78, 5) is 32.6. The van der Waals surface area contributed by atoms with Crippen LogP contribution in [0.3, 0.4) is 0 Å². The molecule has 1 aliphatic heterocycles. The fraction of sp³-hybridized carbons (Fsp3) is 0.273. The first-order valence-corrected chi connectivity index (χ1v) is 9.39. The minimum Gasteiger partial charge on any atom is -0.479 e. The number of rotatable bonds is 4. The van der Waals surface area contributed by atoms with Gasteiger partial charge in [0.15, 0.2) is 5.76 Å². The molecule has 1 unspecified atom stereocenters. The molecule has 0 saturated heterocycles. The van der Waals surface area contributed by atoms with E-state index in [2.05, 4.69) is 9.97 Å². The molecule has 154 valence electrons. The van der Waals surface area contributed by atoms with Crippen LogP contribution in [0, 0.1) is 0 Å². The molecule has 0 spiro atoms. The topological polar surface area (TPSA) is 112 Å². The summed E-state index contributed by atoms with van der Waals surface area (Å²) in [6.45, 7) is 5.41. The number of benzene rings is 1. The lowest BCUT2D eigenvalue weighted by molar-refractivity contribution is 0.00693. The van der Waals surface area contributed by atoms with Crippen molar-refractivity contribution in [2.24, 2.45) is 0 Å². The fourth-order valence-corrected chi connectivity index (χ4v) is 3.20. The predicted molar refractivity (Wildman–Crippen MR) is 105 cm³/mol. The summed E-state index contributed by atoms with van der Waals surface area (Å²) >= 11 is 0. The van der Waals surface area contributed by atoms with Gasteiger partial charge < -0.3 is 19.0 Å². The van der Waals surface area contributed by atoms with Crippen molar-refractivity contribution in [2.45, 2.75) is 38.9 Å². The van der Waals surface area contributed by atoms with Gasteiger partial charge in [0.25, 0.3) is 0 Å². The number of hydrogen-bond donors (Lipinski definition) is 1. The average molecular weight is 408 g/mol. The zero-order valence-electron chi connectivity index (χ0n) is 16.7. The summed E-state index contributed by atoms with van der Waals surface area (Å²) < 4.78 is 16.2. The minimum atomic E-state index is -0.692. The van der Waals surface area contributed by atoms with Crippen molar-refractivity contribution >= 4 is 11.9 Å². The number of fused-ring (bicyclic) bond motifs is 1. The van der Waals surface area contributed by atoms with Gasteiger partial charge in [-0.2, -0.15) is 9.97 Å². The van der Waals surface area contributed by atoms with Crippen LogP contribution in [0.15, 0.2) is 47.1 Å². The van der Waals surface area contributed by atoms with Crippen LogP contribution in [0.25, 0.3) is 11.5 Å². The van der Waals surface area contributed by atoms with E-state index in [9.17, 15) is 14.7 Å². The molecule has 2 aromatic heterocycles. The van der Waals surface area contributed by atoms with Gasteiger partial charge in [0.05, 0.1) is 11.8 Å². The Labute approximate surface area is 172 Å². The van der Waals surface area contributed by atoms with E-state index in [1.807, 2.05) is 0 Å². The smallest absolute Gasteiger partial charge is 0.343 e. The third kappa shape index (κ3) is 3.89. The Kier molecular flexibility index (Phi) is 4.77. The van der Waals surface area contributed by atoms with E-state index in [-0.39, 0.29) is 11.3 Å². The van der Waals surface area contributed by atoms with Gasteiger partial charge in [0.1, 0.15) is 28.7 Å². The van der Waals surface area contributed by atoms with Crippen molar-refractivity contribution in [3.8, 4) is 17.5 Å². The summed E-state index contributed by atoms with van der Waals surface area (Å²) in [7, 11) is 0. The molecule has 0 bridgehead atoms. The van der Waals surface area contributed by atoms with Crippen molar-refractivity contribution in [2.75, 3.05) is 0 Å². The number of cyclic esters (lactones) is 1. The van der Waals surface area contributed by atoms with Crippen LogP contribution in [0.5, 0.6) is 6.01 Å². The molecule has 0 saturated carbocycles. The number of carbonyl (C=O) groups is 2. The Morgan fingerprint density at radius 1 is 1.17 bits per heavy atom. The van der Waals surface area contributed by atoms with Crippen LogP contribution in [0.4, 0.5) is 0 Å². The number of furan rings is 1. The molecule has 3 aromatic rings. The maximum absolute atomic E-state index is 12.5. The second-order valence-corrected chi connectivity index (χ2v) is 7.91. The van der Waals surface area contributed by atoms with E-state index in [0.29, 0.717) is 23.4 Å². The van der Waals surface area contributed by atoms with Gasteiger partial charge in [0.2, 0.25) is 0 Å². The third-order valence-corrected chi connectivity index (χ3v) is 4.45.